The predicted molar refractivity (Wildman–Crippen MR) is 59.6 cm³/mol. The number of nitrogens with two attached hydrogens (primary N) is 1. The smallest absolute Gasteiger partial charge is 0.407 e. The van der Waals surface area contributed by atoms with Crippen LogP contribution in [0.1, 0.15) is 40.0 Å². The van der Waals surface area contributed by atoms with Gasteiger partial charge < -0.3 is 15.8 Å². The van der Waals surface area contributed by atoms with E-state index < -0.39 is 5.60 Å². The van der Waals surface area contributed by atoms with Crippen molar-refractivity contribution >= 4 is 6.09 Å². The number of alkyl carbamates (subject to hydrolysis) is 1. The van der Waals surface area contributed by atoms with Crippen molar-refractivity contribution in [2.24, 2.45) is 11.7 Å². The SMILES string of the molecule is CC(C)(C)OC(=O)N[C@@H]1CCC[C@@H]1CN. The lowest BCUT2D eigenvalue weighted by Gasteiger charge is -2.24. The molecule has 0 bridgehead atoms. The Morgan fingerprint density at radius 2 is 2.13 bits per heavy atom. The molecule has 15 heavy (non-hydrogen) atoms. The summed E-state index contributed by atoms with van der Waals surface area (Å²) in [5.74, 6) is 0.414. The number of hydrogen-bond acceptors (Lipinski definition) is 3. The molecule has 1 amide bonds. The van der Waals surface area contributed by atoms with Crippen LogP contribution in [0.15, 0.2) is 0 Å². The quantitative estimate of drug-likeness (QED) is 0.734. The van der Waals surface area contributed by atoms with Crippen LogP contribution in [0.5, 0.6) is 0 Å². The normalized spacial score (nSPS) is 26.4. The first-order valence-electron chi connectivity index (χ1n) is 5.62. The third kappa shape index (κ3) is 4.08. The van der Waals surface area contributed by atoms with Crippen LogP contribution in [-0.4, -0.2) is 24.3 Å². The highest BCUT2D eigenvalue weighted by Crippen LogP contribution is 2.24. The van der Waals surface area contributed by atoms with Crippen LogP contribution in [-0.2, 0) is 4.74 Å². The van der Waals surface area contributed by atoms with Crippen molar-refractivity contribution < 1.29 is 9.53 Å². The molecule has 4 nitrogen and oxygen atoms in total. The number of amides is 1. The minimum absolute atomic E-state index is 0.199. The van der Waals surface area contributed by atoms with Gasteiger partial charge in [0.05, 0.1) is 0 Å². The first kappa shape index (κ1) is 12.3. The van der Waals surface area contributed by atoms with Crippen LogP contribution in [0.3, 0.4) is 0 Å². The molecule has 0 unspecified atom stereocenters. The highest BCUT2D eigenvalue weighted by atomic mass is 16.6. The topological polar surface area (TPSA) is 64.3 Å². The van der Waals surface area contributed by atoms with E-state index in [0.29, 0.717) is 12.5 Å². The van der Waals surface area contributed by atoms with Crippen LogP contribution in [0.4, 0.5) is 4.79 Å². The van der Waals surface area contributed by atoms with Gasteiger partial charge in [0.2, 0.25) is 0 Å². The minimum Gasteiger partial charge on any atom is -0.444 e. The van der Waals surface area contributed by atoms with Gasteiger partial charge in [0.1, 0.15) is 5.60 Å². The summed E-state index contributed by atoms with van der Waals surface area (Å²) in [5, 5.41) is 2.90. The second kappa shape index (κ2) is 4.84. The fourth-order valence-corrected chi connectivity index (χ4v) is 1.97. The van der Waals surface area contributed by atoms with Gasteiger partial charge in [-0.05, 0) is 46.1 Å². The van der Waals surface area contributed by atoms with E-state index in [-0.39, 0.29) is 12.1 Å². The molecule has 1 aliphatic rings. The average Bonchev–Trinajstić information content (AvgIpc) is 2.48. The second-order valence-electron chi connectivity index (χ2n) is 5.18. The van der Waals surface area contributed by atoms with Gasteiger partial charge in [-0.2, -0.15) is 0 Å². The Kier molecular flexibility index (Phi) is 3.97. The Labute approximate surface area is 91.5 Å². The van der Waals surface area contributed by atoms with E-state index in [1.807, 2.05) is 20.8 Å². The van der Waals surface area contributed by atoms with Crippen LogP contribution >= 0.6 is 0 Å². The predicted octanol–water partition coefficient (Wildman–Crippen LogP) is 1.64. The van der Waals surface area contributed by atoms with Crippen molar-refractivity contribution in [1.29, 1.82) is 0 Å². The summed E-state index contributed by atoms with van der Waals surface area (Å²) in [5.41, 5.74) is 5.21. The van der Waals surface area contributed by atoms with Crippen molar-refractivity contribution in [1.82, 2.24) is 5.32 Å². The number of carbonyl (C=O) groups is 1. The molecule has 3 N–H and O–H groups in total. The molecule has 0 radical (unpaired) electrons. The van der Waals surface area contributed by atoms with Gasteiger partial charge in [0.25, 0.3) is 0 Å². The standard InChI is InChI=1S/C11H22N2O2/c1-11(2,3)15-10(14)13-9-6-4-5-8(9)7-12/h8-9H,4-7,12H2,1-3H3,(H,13,14)/t8-,9-/m1/s1. The zero-order valence-corrected chi connectivity index (χ0v) is 9.88. The van der Waals surface area contributed by atoms with E-state index in [0.717, 1.165) is 19.3 Å². The molecular formula is C11H22N2O2. The highest BCUT2D eigenvalue weighted by Gasteiger charge is 2.28. The van der Waals surface area contributed by atoms with E-state index in [4.69, 9.17) is 10.5 Å². The number of ether oxygens (including phenoxy) is 1. The minimum atomic E-state index is -0.430. The molecule has 1 saturated carbocycles. The van der Waals surface area contributed by atoms with Crippen molar-refractivity contribution in [2.45, 2.75) is 51.7 Å². The second-order valence-corrected chi connectivity index (χ2v) is 5.18. The maximum atomic E-state index is 11.5. The Bertz CT molecular complexity index is 223. The molecule has 2 atom stereocenters. The van der Waals surface area contributed by atoms with Crippen LogP contribution in [0.2, 0.25) is 0 Å². The van der Waals surface area contributed by atoms with E-state index in [2.05, 4.69) is 5.32 Å². The Morgan fingerprint density at radius 3 is 2.67 bits per heavy atom. The van der Waals surface area contributed by atoms with Crippen LogP contribution in [0.25, 0.3) is 0 Å². The molecule has 0 aliphatic heterocycles. The third-order valence-electron chi connectivity index (χ3n) is 2.66. The molecule has 0 aromatic carbocycles. The Hall–Kier alpha value is -0.770. The molecular weight excluding hydrogens is 192 g/mol. The summed E-state index contributed by atoms with van der Waals surface area (Å²) < 4.78 is 5.20. The van der Waals surface area contributed by atoms with Crippen LogP contribution in [0, 0.1) is 5.92 Å². The molecule has 4 heteroatoms. The van der Waals surface area contributed by atoms with Crippen LogP contribution < -0.4 is 11.1 Å². The first-order valence-corrected chi connectivity index (χ1v) is 5.62. The molecule has 0 aromatic rings. The van der Waals surface area contributed by atoms with Crippen molar-refractivity contribution in [2.75, 3.05) is 6.54 Å². The van der Waals surface area contributed by atoms with Crippen molar-refractivity contribution in [3.05, 3.63) is 0 Å². The van der Waals surface area contributed by atoms with Gasteiger partial charge in [0.15, 0.2) is 0 Å². The van der Waals surface area contributed by atoms with Gasteiger partial charge in [-0.1, -0.05) is 6.42 Å². The zero-order chi connectivity index (χ0) is 11.5. The van der Waals surface area contributed by atoms with Gasteiger partial charge >= 0.3 is 6.09 Å². The molecule has 1 fully saturated rings. The number of rotatable bonds is 2. The summed E-state index contributed by atoms with van der Waals surface area (Å²) in [6.07, 6.45) is 2.94. The van der Waals surface area contributed by atoms with E-state index in [1.54, 1.807) is 0 Å². The van der Waals surface area contributed by atoms with E-state index in [1.165, 1.54) is 0 Å². The van der Waals surface area contributed by atoms with Gasteiger partial charge in [0, 0.05) is 6.04 Å². The lowest BCUT2D eigenvalue weighted by atomic mass is 10.0. The number of hydrogen-bond donors (Lipinski definition) is 2. The van der Waals surface area contributed by atoms with Gasteiger partial charge in [-0.3, -0.25) is 0 Å². The maximum Gasteiger partial charge on any atom is 0.407 e. The number of carbonyl (C=O) groups excluding carboxylic acids is 1. The lowest BCUT2D eigenvalue weighted by Crippen LogP contribution is -2.42. The Morgan fingerprint density at radius 1 is 1.47 bits per heavy atom. The molecule has 0 spiro atoms. The number of nitrogens with one attached hydrogen (secondary N) is 1. The van der Waals surface area contributed by atoms with Gasteiger partial charge in [-0.15, -0.1) is 0 Å². The fourth-order valence-electron chi connectivity index (χ4n) is 1.97. The molecule has 1 rings (SSSR count). The highest BCUT2D eigenvalue weighted by molar-refractivity contribution is 5.68. The third-order valence-corrected chi connectivity index (χ3v) is 2.66. The van der Waals surface area contributed by atoms with E-state index >= 15 is 0 Å². The van der Waals surface area contributed by atoms with E-state index in [9.17, 15) is 4.79 Å². The monoisotopic (exact) mass is 214 g/mol. The largest absolute Gasteiger partial charge is 0.444 e. The molecule has 0 saturated heterocycles. The van der Waals surface area contributed by atoms with Crippen molar-refractivity contribution in [3.63, 3.8) is 0 Å². The lowest BCUT2D eigenvalue weighted by molar-refractivity contribution is 0.0494. The fraction of sp³-hybridized carbons (Fsp3) is 0.909. The maximum absolute atomic E-state index is 11.5. The summed E-state index contributed by atoms with van der Waals surface area (Å²) in [6, 6.07) is 0.199. The first-order chi connectivity index (χ1) is 6.92. The molecule has 1 aliphatic carbocycles. The average molecular weight is 214 g/mol. The molecule has 0 heterocycles. The summed E-state index contributed by atoms with van der Waals surface area (Å²) in [4.78, 5) is 11.5. The summed E-state index contributed by atoms with van der Waals surface area (Å²) in [6.45, 7) is 6.23. The van der Waals surface area contributed by atoms with Gasteiger partial charge in [-0.25, -0.2) is 4.79 Å². The Balaban J connectivity index is 2.37. The molecule has 88 valence electrons. The zero-order valence-electron chi connectivity index (χ0n) is 9.88. The summed E-state index contributed by atoms with van der Waals surface area (Å²) >= 11 is 0. The summed E-state index contributed by atoms with van der Waals surface area (Å²) in [7, 11) is 0. The van der Waals surface area contributed by atoms with Crippen molar-refractivity contribution in [3.8, 4) is 0 Å². The molecule has 0 aromatic heterocycles.